The molecule has 27 heavy (non-hydrogen) atoms. The first-order chi connectivity index (χ1) is 13.2. The highest BCUT2D eigenvalue weighted by Gasteiger charge is 2.39. The summed E-state index contributed by atoms with van der Waals surface area (Å²) < 4.78 is 0. The molecule has 2 amide bonds. The highest BCUT2D eigenvalue weighted by Crippen LogP contribution is 2.31. The Hall–Kier alpha value is -2.34. The topological polar surface area (TPSA) is 53.5 Å². The van der Waals surface area contributed by atoms with Crippen LogP contribution in [-0.4, -0.2) is 58.5 Å². The molecule has 6 heteroatoms. The van der Waals surface area contributed by atoms with Gasteiger partial charge in [0.25, 0.3) is 11.8 Å². The van der Waals surface area contributed by atoms with E-state index >= 15 is 0 Å². The van der Waals surface area contributed by atoms with E-state index in [4.69, 9.17) is 0 Å². The Kier molecular flexibility index (Phi) is 5.16. The molecule has 3 saturated heterocycles. The number of fused-ring (bicyclic) bond motifs is 4. The zero-order valence-electron chi connectivity index (χ0n) is 15.4. The van der Waals surface area contributed by atoms with E-state index in [1.807, 2.05) is 52.5 Å². The summed E-state index contributed by atoms with van der Waals surface area (Å²) in [5.74, 6) is 0.370. The van der Waals surface area contributed by atoms with Gasteiger partial charge in [-0.3, -0.25) is 14.6 Å². The lowest BCUT2D eigenvalue weighted by molar-refractivity contribution is 0.0570. The van der Waals surface area contributed by atoms with Crippen molar-refractivity contribution in [1.82, 2.24) is 14.8 Å². The van der Waals surface area contributed by atoms with Gasteiger partial charge in [0.05, 0.1) is 5.56 Å². The van der Waals surface area contributed by atoms with Crippen LogP contribution < -0.4 is 0 Å². The molecular formula is C21H23N3O2S. The first-order valence-corrected chi connectivity index (χ1v) is 10.5. The molecule has 1 aromatic heterocycles. The maximum atomic E-state index is 13.3. The maximum absolute atomic E-state index is 13.3. The van der Waals surface area contributed by atoms with Crippen molar-refractivity contribution in [3.05, 3.63) is 59.9 Å². The summed E-state index contributed by atoms with van der Waals surface area (Å²) in [5, 5.41) is 0. The summed E-state index contributed by atoms with van der Waals surface area (Å²) in [6.07, 6.45) is 5.65. The summed E-state index contributed by atoms with van der Waals surface area (Å²) in [4.78, 5) is 35.2. The Morgan fingerprint density at radius 2 is 1.81 bits per heavy atom. The number of hydrogen-bond donors (Lipinski definition) is 0. The number of amides is 2. The van der Waals surface area contributed by atoms with Gasteiger partial charge in [-0.1, -0.05) is 18.2 Å². The van der Waals surface area contributed by atoms with Gasteiger partial charge < -0.3 is 9.80 Å². The number of nitrogens with zero attached hydrogens (tertiary/aromatic N) is 3. The summed E-state index contributed by atoms with van der Waals surface area (Å²) in [5.41, 5.74) is 1.24. The van der Waals surface area contributed by atoms with E-state index in [1.165, 1.54) is 0 Å². The Morgan fingerprint density at radius 1 is 1.00 bits per heavy atom. The molecule has 0 saturated carbocycles. The molecular weight excluding hydrogens is 358 g/mol. The van der Waals surface area contributed by atoms with Crippen molar-refractivity contribution < 1.29 is 9.59 Å². The van der Waals surface area contributed by atoms with Gasteiger partial charge in [0.1, 0.15) is 5.69 Å². The molecule has 0 radical (unpaired) electrons. The highest BCUT2D eigenvalue weighted by atomic mass is 32.2. The number of carbonyl (C=O) groups excluding carboxylic acids is 2. The lowest BCUT2D eigenvalue weighted by Gasteiger charge is -2.36. The summed E-state index contributed by atoms with van der Waals surface area (Å²) in [6, 6.07) is 13.2. The third-order valence-corrected chi connectivity index (χ3v) is 6.28. The summed E-state index contributed by atoms with van der Waals surface area (Å²) in [6.45, 7) is 2.00. The van der Waals surface area contributed by atoms with Crippen LogP contribution in [0.4, 0.5) is 0 Å². The van der Waals surface area contributed by atoms with E-state index < -0.39 is 0 Å². The fraction of sp³-hybridized carbons (Fsp3) is 0.381. The molecule has 140 valence electrons. The van der Waals surface area contributed by atoms with Crippen LogP contribution in [0, 0.1) is 5.92 Å². The van der Waals surface area contributed by atoms with Gasteiger partial charge in [-0.25, -0.2) is 0 Å². The Balaban J connectivity index is 1.56. The van der Waals surface area contributed by atoms with Crippen LogP contribution in [0.1, 0.15) is 33.7 Å². The number of piperidine rings is 1. The lowest BCUT2D eigenvalue weighted by atomic mass is 9.94. The Bertz CT molecular complexity index is 842. The first kappa shape index (κ1) is 18.0. The van der Waals surface area contributed by atoms with Crippen LogP contribution in [0.3, 0.4) is 0 Å². The van der Waals surface area contributed by atoms with Crippen LogP contribution in [-0.2, 0) is 0 Å². The molecule has 5 nitrogen and oxygen atoms in total. The van der Waals surface area contributed by atoms with Crippen molar-refractivity contribution in [3.8, 4) is 0 Å². The zero-order chi connectivity index (χ0) is 18.8. The van der Waals surface area contributed by atoms with Gasteiger partial charge in [-0.15, -0.1) is 11.8 Å². The number of benzene rings is 1. The molecule has 0 spiro atoms. The second-order valence-electron chi connectivity index (χ2n) is 7.18. The molecule has 0 unspecified atom stereocenters. The summed E-state index contributed by atoms with van der Waals surface area (Å²) in [7, 11) is 0. The minimum Gasteiger partial charge on any atom is -0.335 e. The minimum atomic E-state index is -0.0358. The van der Waals surface area contributed by atoms with Crippen molar-refractivity contribution in [2.75, 3.05) is 25.9 Å². The van der Waals surface area contributed by atoms with Gasteiger partial charge in [-0.2, -0.15) is 0 Å². The molecule has 2 aromatic rings. The smallest absolute Gasteiger partial charge is 0.272 e. The van der Waals surface area contributed by atoms with Crippen LogP contribution in [0.2, 0.25) is 0 Å². The number of hydrogen-bond acceptors (Lipinski definition) is 4. The molecule has 3 aliphatic heterocycles. The van der Waals surface area contributed by atoms with Crippen molar-refractivity contribution in [3.63, 3.8) is 0 Å². The molecule has 5 rings (SSSR count). The van der Waals surface area contributed by atoms with E-state index in [1.54, 1.807) is 24.0 Å². The fourth-order valence-corrected chi connectivity index (χ4v) is 4.71. The zero-order valence-corrected chi connectivity index (χ0v) is 16.2. The third-order valence-electron chi connectivity index (χ3n) is 5.48. The van der Waals surface area contributed by atoms with E-state index in [2.05, 4.69) is 4.98 Å². The molecule has 2 atom stereocenters. The van der Waals surface area contributed by atoms with E-state index in [9.17, 15) is 9.59 Å². The first-order valence-electron chi connectivity index (χ1n) is 9.31. The monoisotopic (exact) mass is 381 g/mol. The largest absolute Gasteiger partial charge is 0.335 e. The maximum Gasteiger partial charge on any atom is 0.272 e. The van der Waals surface area contributed by atoms with Crippen LogP contribution in [0.5, 0.6) is 0 Å². The van der Waals surface area contributed by atoms with Gasteiger partial charge in [0.2, 0.25) is 0 Å². The number of aromatic nitrogens is 1. The predicted octanol–water partition coefficient (Wildman–Crippen LogP) is 3.18. The molecule has 0 aliphatic carbocycles. The number of rotatable bonds is 3. The molecule has 4 heterocycles. The molecule has 3 fully saturated rings. The van der Waals surface area contributed by atoms with E-state index in [0.29, 0.717) is 24.7 Å². The van der Waals surface area contributed by atoms with Crippen molar-refractivity contribution in [2.45, 2.75) is 23.8 Å². The predicted molar refractivity (Wildman–Crippen MR) is 106 cm³/mol. The average Bonchev–Trinajstić information content (AvgIpc) is 3.05. The van der Waals surface area contributed by atoms with E-state index in [0.717, 1.165) is 29.8 Å². The van der Waals surface area contributed by atoms with Crippen LogP contribution in [0.15, 0.2) is 53.6 Å². The quantitative estimate of drug-likeness (QED) is 0.767. The lowest BCUT2D eigenvalue weighted by Crippen LogP contribution is -2.47. The molecule has 2 bridgehead atoms. The van der Waals surface area contributed by atoms with Gasteiger partial charge in [-0.05, 0) is 49.3 Å². The number of carbonyl (C=O) groups is 2. The van der Waals surface area contributed by atoms with Crippen LogP contribution in [0.25, 0.3) is 0 Å². The van der Waals surface area contributed by atoms with Gasteiger partial charge in [0.15, 0.2) is 0 Å². The van der Waals surface area contributed by atoms with Crippen molar-refractivity contribution in [2.24, 2.45) is 5.92 Å². The Labute approximate surface area is 163 Å². The Morgan fingerprint density at radius 3 is 2.59 bits per heavy atom. The number of thioether (sulfide) groups is 1. The average molecular weight is 382 g/mol. The van der Waals surface area contributed by atoms with Crippen LogP contribution >= 0.6 is 11.8 Å². The fourth-order valence-electron chi connectivity index (χ4n) is 4.12. The minimum absolute atomic E-state index is 0.0358. The SMILES string of the molecule is CSc1ccccc1C(=O)N1C[C@H]2CC[C@@H]1CN(C(=O)c1ccccn1)C2. The second-order valence-corrected chi connectivity index (χ2v) is 8.03. The van der Waals surface area contributed by atoms with E-state index in [-0.39, 0.29) is 17.9 Å². The standard InChI is InChI=1S/C21H23N3O2S/c1-27-19-8-3-2-6-17(19)20(25)24-13-15-9-10-16(24)14-23(12-15)21(26)18-7-4-5-11-22-18/h2-8,11,15-16H,9-10,12-14H2,1H3/t15-,16+/m0/s1. The van der Waals surface area contributed by atoms with Crippen molar-refractivity contribution >= 4 is 23.6 Å². The highest BCUT2D eigenvalue weighted by molar-refractivity contribution is 7.98. The van der Waals surface area contributed by atoms with Gasteiger partial charge >= 0.3 is 0 Å². The van der Waals surface area contributed by atoms with Gasteiger partial charge in [0, 0.05) is 36.8 Å². The third kappa shape index (κ3) is 3.58. The molecule has 1 aromatic carbocycles. The summed E-state index contributed by atoms with van der Waals surface area (Å²) >= 11 is 1.60. The molecule has 3 aliphatic rings. The second kappa shape index (κ2) is 7.72. The number of pyridine rings is 1. The normalized spacial score (nSPS) is 21.8. The van der Waals surface area contributed by atoms with Crippen molar-refractivity contribution in [1.29, 1.82) is 0 Å². The molecule has 0 N–H and O–H groups in total.